The van der Waals surface area contributed by atoms with Crippen LogP contribution in [0.2, 0.25) is 0 Å². The van der Waals surface area contributed by atoms with E-state index in [1.165, 1.54) is 0 Å². The Labute approximate surface area is 74.3 Å². The SMILES string of the molecule is C=C(S)/C=C\N=C(C)C(C)C. The zero-order valence-corrected chi connectivity index (χ0v) is 8.23. The summed E-state index contributed by atoms with van der Waals surface area (Å²) in [6, 6.07) is 0. The van der Waals surface area contributed by atoms with Crippen LogP contribution in [-0.2, 0) is 0 Å². The van der Waals surface area contributed by atoms with Crippen molar-refractivity contribution in [1.82, 2.24) is 0 Å². The van der Waals surface area contributed by atoms with Crippen molar-refractivity contribution in [1.29, 1.82) is 0 Å². The van der Waals surface area contributed by atoms with Gasteiger partial charge in [-0.1, -0.05) is 20.4 Å². The third-order valence-corrected chi connectivity index (χ3v) is 1.53. The van der Waals surface area contributed by atoms with E-state index in [0.717, 1.165) is 10.6 Å². The molecule has 0 fully saturated rings. The number of thiol groups is 1. The molecule has 0 saturated carbocycles. The first-order valence-corrected chi connectivity index (χ1v) is 4.07. The van der Waals surface area contributed by atoms with Crippen molar-refractivity contribution in [2.75, 3.05) is 0 Å². The van der Waals surface area contributed by atoms with Crippen molar-refractivity contribution in [3.63, 3.8) is 0 Å². The van der Waals surface area contributed by atoms with E-state index >= 15 is 0 Å². The van der Waals surface area contributed by atoms with E-state index < -0.39 is 0 Å². The summed E-state index contributed by atoms with van der Waals surface area (Å²) < 4.78 is 0. The van der Waals surface area contributed by atoms with Gasteiger partial charge in [0.15, 0.2) is 0 Å². The molecule has 0 spiro atoms. The first-order chi connectivity index (χ1) is 5.04. The average Bonchev–Trinajstić information content (AvgIpc) is 1.86. The molecule has 0 amide bonds. The van der Waals surface area contributed by atoms with Crippen molar-refractivity contribution in [3.8, 4) is 0 Å². The van der Waals surface area contributed by atoms with Gasteiger partial charge in [0.1, 0.15) is 0 Å². The molecule has 0 heterocycles. The standard InChI is InChI=1S/C9H15NS/c1-7(2)9(4)10-6-5-8(3)11/h5-7,11H,3H2,1-2,4H3/b6-5-,10-9?. The van der Waals surface area contributed by atoms with Gasteiger partial charge in [-0.25, -0.2) is 0 Å². The normalized spacial score (nSPS) is 13.0. The summed E-state index contributed by atoms with van der Waals surface area (Å²) in [5.74, 6) is 0.507. The maximum atomic E-state index is 4.19. The second-order valence-electron chi connectivity index (χ2n) is 2.73. The van der Waals surface area contributed by atoms with E-state index in [9.17, 15) is 0 Å². The van der Waals surface area contributed by atoms with Gasteiger partial charge in [0.25, 0.3) is 0 Å². The van der Waals surface area contributed by atoms with E-state index in [1.54, 1.807) is 12.3 Å². The quantitative estimate of drug-likeness (QED) is 0.379. The fraction of sp³-hybridized carbons (Fsp3) is 0.444. The van der Waals surface area contributed by atoms with E-state index in [2.05, 4.69) is 38.0 Å². The summed E-state index contributed by atoms with van der Waals surface area (Å²) in [6.07, 6.45) is 3.50. The molecule has 0 saturated heterocycles. The summed E-state index contributed by atoms with van der Waals surface area (Å²) in [4.78, 5) is 4.92. The molecular formula is C9H15NS. The highest BCUT2D eigenvalue weighted by Gasteiger charge is 1.93. The second-order valence-corrected chi connectivity index (χ2v) is 3.31. The molecule has 0 aromatic carbocycles. The van der Waals surface area contributed by atoms with Gasteiger partial charge >= 0.3 is 0 Å². The van der Waals surface area contributed by atoms with Gasteiger partial charge in [0, 0.05) is 11.9 Å². The van der Waals surface area contributed by atoms with Gasteiger partial charge in [-0.2, -0.15) is 0 Å². The Bertz CT molecular complexity index is 190. The lowest BCUT2D eigenvalue weighted by atomic mass is 10.1. The Balaban J connectivity index is 4.01. The largest absolute Gasteiger partial charge is 0.266 e. The predicted octanol–water partition coefficient (Wildman–Crippen LogP) is 3.06. The monoisotopic (exact) mass is 169 g/mol. The van der Waals surface area contributed by atoms with Crippen molar-refractivity contribution in [2.24, 2.45) is 10.9 Å². The summed E-state index contributed by atoms with van der Waals surface area (Å²) in [5, 5.41) is 0. The van der Waals surface area contributed by atoms with Crippen molar-refractivity contribution in [2.45, 2.75) is 20.8 Å². The van der Waals surface area contributed by atoms with Gasteiger partial charge in [-0.15, -0.1) is 12.6 Å². The minimum atomic E-state index is 0.507. The number of hydrogen-bond acceptors (Lipinski definition) is 2. The van der Waals surface area contributed by atoms with Crippen LogP contribution in [0.4, 0.5) is 0 Å². The van der Waals surface area contributed by atoms with Crippen LogP contribution < -0.4 is 0 Å². The lowest BCUT2D eigenvalue weighted by molar-refractivity contribution is 0.878. The summed E-state index contributed by atoms with van der Waals surface area (Å²) in [6.45, 7) is 9.84. The number of rotatable bonds is 3. The minimum absolute atomic E-state index is 0.507. The predicted molar refractivity (Wildman–Crippen MR) is 55.2 cm³/mol. The molecule has 2 heteroatoms. The van der Waals surface area contributed by atoms with Crippen LogP contribution in [-0.4, -0.2) is 5.71 Å². The second kappa shape index (κ2) is 5.19. The molecule has 11 heavy (non-hydrogen) atoms. The van der Waals surface area contributed by atoms with Gasteiger partial charge < -0.3 is 0 Å². The fourth-order valence-electron chi connectivity index (χ4n) is 0.390. The van der Waals surface area contributed by atoms with Crippen molar-refractivity contribution in [3.05, 3.63) is 23.8 Å². The minimum Gasteiger partial charge on any atom is -0.266 e. The summed E-state index contributed by atoms with van der Waals surface area (Å²) >= 11 is 4.00. The Hall–Kier alpha value is -0.500. The van der Waals surface area contributed by atoms with E-state index in [-0.39, 0.29) is 0 Å². The number of aliphatic imine (C=N–C) groups is 1. The number of nitrogens with zero attached hydrogens (tertiary/aromatic N) is 1. The third-order valence-electron chi connectivity index (χ3n) is 1.38. The van der Waals surface area contributed by atoms with E-state index in [1.807, 2.05) is 6.92 Å². The highest BCUT2D eigenvalue weighted by Crippen LogP contribution is 2.00. The molecule has 0 aliphatic rings. The number of allylic oxidation sites excluding steroid dienone is 1. The highest BCUT2D eigenvalue weighted by atomic mass is 32.1. The van der Waals surface area contributed by atoms with Gasteiger partial charge in [-0.3, -0.25) is 4.99 Å². The molecular weight excluding hydrogens is 154 g/mol. The first kappa shape index (κ1) is 10.5. The van der Waals surface area contributed by atoms with Crippen LogP contribution >= 0.6 is 12.6 Å². The molecule has 0 aliphatic carbocycles. The van der Waals surface area contributed by atoms with Gasteiger partial charge in [0.2, 0.25) is 0 Å². The van der Waals surface area contributed by atoms with E-state index in [4.69, 9.17) is 0 Å². The molecule has 0 rings (SSSR count). The average molecular weight is 169 g/mol. The molecule has 0 atom stereocenters. The highest BCUT2D eigenvalue weighted by molar-refractivity contribution is 7.84. The van der Waals surface area contributed by atoms with Crippen molar-refractivity contribution < 1.29 is 0 Å². The molecule has 62 valence electrons. The lowest BCUT2D eigenvalue weighted by Crippen LogP contribution is -1.99. The van der Waals surface area contributed by atoms with Crippen LogP contribution in [0.25, 0.3) is 0 Å². The van der Waals surface area contributed by atoms with Crippen molar-refractivity contribution >= 4 is 18.3 Å². The van der Waals surface area contributed by atoms with Crippen LogP contribution in [0.15, 0.2) is 28.8 Å². The Morgan fingerprint density at radius 2 is 2.09 bits per heavy atom. The summed E-state index contributed by atoms with van der Waals surface area (Å²) in [5.41, 5.74) is 1.12. The topological polar surface area (TPSA) is 12.4 Å². The first-order valence-electron chi connectivity index (χ1n) is 3.62. The molecule has 0 aliphatic heterocycles. The zero-order valence-electron chi connectivity index (χ0n) is 7.33. The van der Waals surface area contributed by atoms with Crippen LogP contribution in [0.1, 0.15) is 20.8 Å². The van der Waals surface area contributed by atoms with Crippen LogP contribution in [0, 0.1) is 5.92 Å². The molecule has 0 aromatic rings. The Morgan fingerprint density at radius 3 is 2.45 bits per heavy atom. The Morgan fingerprint density at radius 1 is 1.55 bits per heavy atom. The number of hydrogen-bond donors (Lipinski definition) is 1. The molecule has 0 radical (unpaired) electrons. The van der Waals surface area contributed by atoms with Gasteiger partial charge in [0.05, 0.1) is 0 Å². The molecule has 0 aromatic heterocycles. The summed E-state index contributed by atoms with van der Waals surface area (Å²) in [7, 11) is 0. The lowest BCUT2D eigenvalue weighted by Gasteiger charge is -1.99. The maximum absolute atomic E-state index is 4.19. The van der Waals surface area contributed by atoms with Crippen LogP contribution in [0.3, 0.4) is 0 Å². The zero-order chi connectivity index (χ0) is 8.85. The van der Waals surface area contributed by atoms with Gasteiger partial charge in [-0.05, 0) is 23.8 Å². The Kier molecular flexibility index (Phi) is 4.95. The van der Waals surface area contributed by atoms with Crippen LogP contribution in [0.5, 0.6) is 0 Å². The maximum Gasteiger partial charge on any atom is 0.0278 e. The smallest absolute Gasteiger partial charge is 0.0278 e. The molecule has 0 unspecified atom stereocenters. The molecule has 0 N–H and O–H groups in total. The molecule has 1 nitrogen and oxygen atoms in total. The van der Waals surface area contributed by atoms with E-state index in [0.29, 0.717) is 5.92 Å². The fourth-order valence-corrected chi connectivity index (χ4v) is 0.457. The molecule has 0 bridgehead atoms. The third kappa shape index (κ3) is 5.92.